The zero-order valence-electron chi connectivity index (χ0n) is 72.7. The molecule has 9 N–H and O–H groups in total. The number of unbranched alkanes of at least 4 members (excludes halogenated alkanes) is 3. The molecule has 0 aliphatic heterocycles. The van der Waals surface area contributed by atoms with Gasteiger partial charge in [-0.15, -0.1) is 25.3 Å². The lowest BCUT2D eigenvalue weighted by atomic mass is 10.0. The first-order chi connectivity index (χ1) is 59.1. The number of thiocarbonyl (C=S) groups is 3. The monoisotopic (exact) mass is 1900 g/mol. The Morgan fingerprint density at radius 3 is 0.889 bits per heavy atom. The molecule has 0 saturated heterocycles. The van der Waals surface area contributed by atoms with Crippen molar-refractivity contribution in [2.45, 2.75) is 133 Å². The molecular weight excluding hydrogens is 1790 g/mol. The summed E-state index contributed by atoms with van der Waals surface area (Å²) in [6.45, 7) is 14.0. The highest BCUT2D eigenvalue weighted by Gasteiger charge is 2.22. The van der Waals surface area contributed by atoms with E-state index in [9.17, 15) is 62.6 Å². The minimum Gasteiger partial charge on any atom is -0.508 e. The van der Waals surface area contributed by atoms with Crippen molar-refractivity contribution in [2.75, 3.05) is 90.7 Å². The van der Waals surface area contributed by atoms with Crippen LogP contribution in [0, 0.1) is 17.8 Å². The summed E-state index contributed by atoms with van der Waals surface area (Å²) in [7, 11) is 9.89. The number of carboxylic acid groups (broad SMARTS) is 4. The first-order valence-corrected chi connectivity index (χ1v) is 42.5. The molecule has 0 amide bonds. The van der Waals surface area contributed by atoms with Crippen molar-refractivity contribution in [2.24, 2.45) is 17.8 Å². The van der Waals surface area contributed by atoms with Crippen molar-refractivity contribution in [3.8, 4) is 17.2 Å². The molecule has 0 radical (unpaired) electrons. The molecule has 0 spiro atoms. The second-order valence-corrected chi connectivity index (χ2v) is 30.3. The van der Waals surface area contributed by atoms with Gasteiger partial charge in [0.25, 0.3) is 5.17 Å². The van der Waals surface area contributed by atoms with Crippen molar-refractivity contribution in [1.29, 1.82) is 0 Å². The largest absolute Gasteiger partial charge is 0.508 e. The number of aliphatic hydroxyl groups excluding tert-OH is 1. The summed E-state index contributed by atoms with van der Waals surface area (Å²) in [6, 6.07) is 24.0. The molecule has 0 aliphatic carbocycles. The maximum Gasteiger partial charge on any atom is 0.394 e. The molecule has 0 saturated carbocycles. The molecule has 3 atom stereocenters. The third kappa shape index (κ3) is 50.9. The molecule has 0 aliphatic rings. The number of carbonyl (C=O) groups is 12. The SMILES string of the molecule is C=S.CCCCC(CC)CO.CCCCC(CC)COC(=O)c1cc(S)cc(C(=O)OCC(CC)CCCC)c1.COC(=O)c1cc(O)cc(C(=O)OC)c1.COC(=O)c1cc(OC(=S)N(C)C)cc(C(=O)OC)c1.COC(=O)c1cc(SC(=S)N(C)C)cc(C(=O)OC)c1.O=C(O)c1cc(O)cc(C(=O)O)c1.O=C(O)c1cc(S)cc(C(=O)O)c1.O=S(=O)(O)O.[2HH]. The quantitative estimate of drug-likeness (QED) is 0.00481. The Hall–Kier alpha value is -10.9. The van der Waals surface area contributed by atoms with Crippen molar-refractivity contribution < 1.29 is 155 Å². The van der Waals surface area contributed by atoms with Crippen molar-refractivity contribution >= 4 is 171 Å². The van der Waals surface area contributed by atoms with E-state index >= 15 is 0 Å². The molecule has 6 aromatic carbocycles. The van der Waals surface area contributed by atoms with Gasteiger partial charge in [-0.2, -0.15) is 8.42 Å². The van der Waals surface area contributed by atoms with Crippen LogP contribution >= 0.6 is 73.7 Å². The van der Waals surface area contributed by atoms with Gasteiger partial charge in [-0.1, -0.05) is 136 Å². The summed E-state index contributed by atoms with van der Waals surface area (Å²) >= 11 is 23.5. The van der Waals surface area contributed by atoms with E-state index in [-0.39, 0.29) is 79.5 Å². The number of aliphatic hydroxyl groups is 1. The summed E-state index contributed by atoms with van der Waals surface area (Å²) in [6.07, 6.45) is 13.4. The molecule has 0 fully saturated rings. The van der Waals surface area contributed by atoms with Gasteiger partial charge in [-0.05, 0) is 164 Å². The molecule has 6 aromatic rings. The fourth-order valence-corrected chi connectivity index (χ4v) is 11.3. The average Bonchev–Trinajstić information content (AvgIpc) is 1.37. The van der Waals surface area contributed by atoms with Crippen molar-refractivity contribution in [3.05, 3.63) is 176 Å². The van der Waals surface area contributed by atoms with Crippen LogP contribution in [-0.4, -0.2) is 241 Å². The van der Waals surface area contributed by atoms with Gasteiger partial charge in [0.05, 0.1) is 123 Å². The number of carbonyl (C=O) groups excluding carboxylic acids is 8. The minimum atomic E-state index is -4.67. The smallest absolute Gasteiger partial charge is 0.394 e. The summed E-state index contributed by atoms with van der Waals surface area (Å²) in [5, 5.41) is 61.4. The van der Waals surface area contributed by atoms with Crippen LogP contribution in [0.1, 0.15) is 244 Å². The van der Waals surface area contributed by atoms with Crippen LogP contribution < -0.4 is 4.74 Å². The molecular formula is C85H114N2O32S7. The van der Waals surface area contributed by atoms with Crippen LogP contribution in [0.25, 0.3) is 0 Å². The van der Waals surface area contributed by atoms with E-state index in [1.807, 2.05) is 14.1 Å². The van der Waals surface area contributed by atoms with E-state index in [2.05, 4.69) is 113 Å². The normalized spacial score (nSPS) is 10.6. The number of nitrogens with zero attached hydrogens (tertiary/aromatic N) is 2. The third-order valence-corrected chi connectivity index (χ3v) is 19.0. The number of hydrogen-bond donors (Lipinski definition) is 11. The minimum absolute atomic E-state index is 0. The Morgan fingerprint density at radius 1 is 0.405 bits per heavy atom. The van der Waals surface area contributed by atoms with Gasteiger partial charge in [0, 0.05) is 50.9 Å². The summed E-state index contributed by atoms with van der Waals surface area (Å²) in [5.74, 6) is -5.38. The predicted molar refractivity (Wildman–Crippen MR) is 490 cm³/mol. The molecule has 3 unspecified atom stereocenters. The number of thioether (sulfide) groups is 1. The van der Waals surface area contributed by atoms with Crippen LogP contribution in [0.3, 0.4) is 0 Å². The first kappa shape index (κ1) is 119. The lowest BCUT2D eigenvalue weighted by Crippen LogP contribution is -2.25. The number of hydrogen-bond acceptors (Lipinski definition) is 32. The molecule has 0 bridgehead atoms. The first-order valence-electron chi connectivity index (χ1n) is 38.0. The standard InChI is InChI=1S/C24H38O4S.C13H15NO5S.C13H15NO4S2.C10H10O5.C8H6O5.C8H6O4S.C8H18O.CH2S.H2O4S.H2/c1-5-9-11-18(7-3)16-27-23(25)20-13-21(15-22(29)14-20)24(26)28-17-19(8-4)12-10-6-2;1-14(2)13(20)19-10-6-8(11(15)17-3)5-9(7-10)12(16)18-4;1-14(2)13(19)20-10-6-8(11(15)17-3)5-9(7-10)12(16)18-4;1-14-9(12)6-3-7(10(13)15-2)5-8(11)4-6;9-6-2-4(7(10)11)1-5(3-6)8(12)13;9-7(10)4-1-5(8(11)12)3-6(13)2-4;1-3-5-6-8(4-2)7-9;1-2;1-5(2,3)4;/h13-15,18-19,29H,5-12,16-17H2,1-4H3;2*5-7H,1-4H3;3-5,11H,1-2H3;1-3,9H,(H,10,11)(H,12,13);1-3,13H,(H,9,10)(H,11,12);8-9H,3-7H2,1-2H3;1H2;(H2,1,2,3,4);1H/i;;;;;;;;;1+1. The van der Waals surface area contributed by atoms with Gasteiger partial charge >= 0.3 is 82.0 Å². The van der Waals surface area contributed by atoms with E-state index in [1.165, 1.54) is 128 Å². The lowest BCUT2D eigenvalue weighted by Gasteiger charge is -2.16. The Labute approximate surface area is 765 Å². The molecule has 698 valence electrons. The van der Waals surface area contributed by atoms with Crippen LogP contribution in [0.2, 0.25) is 0 Å². The van der Waals surface area contributed by atoms with Gasteiger partial charge < -0.3 is 88.2 Å². The molecule has 0 aromatic heterocycles. The number of aromatic hydroxyl groups is 2. The highest BCUT2D eigenvalue weighted by atomic mass is 32.3. The summed E-state index contributed by atoms with van der Waals surface area (Å²) < 4.78 is 76.1. The second kappa shape index (κ2) is 65.7. The van der Waals surface area contributed by atoms with E-state index in [1.54, 1.807) is 54.2 Å². The number of benzene rings is 6. The fourth-order valence-electron chi connectivity index (χ4n) is 9.56. The Morgan fingerprint density at radius 2 is 0.643 bits per heavy atom. The van der Waals surface area contributed by atoms with Crippen LogP contribution in [-0.2, 0) is 48.3 Å². The average molecular weight is 1900 g/mol. The summed E-state index contributed by atoms with van der Waals surface area (Å²) in [4.78, 5) is 140. The maximum atomic E-state index is 12.5. The zero-order chi connectivity index (χ0) is 97.3. The molecule has 34 nitrogen and oxygen atoms in total. The number of phenols is 2. The number of thiol groups is 2. The second-order valence-electron chi connectivity index (χ2n) is 26.3. The highest BCUT2D eigenvalue weighted by Crippen LogP contribution is 2.27. The highest BCUT2D eigenvalue weighted by molar-refractivity contribution is 8.23. The van der Waals surface area contributed by atoms with Crippen LogP contribution in [0.15, 0.2) is 124 Å². The fraction of sp³-hybridized carbons (Fsp3) is 0.400. The van der Waals surface area contributed by atoms with Gasteiger partial charge in [0.2, 0.25) is 0 Å². The maximum absolute atomic E-state index is 12.5. The van der Waals surface area contributed by atoms with Crippen LogP contribution in [0.4, 0.5) is 0 Å². The third-order valence-electron chi connectivity index (χ3n) is 16.4. The number of ether oxygens (including phenoxy) is 9. The number of esters is 8. The Balaban J connectivity index is -0.000000701. The van der Waals surface area contributed by atoms with Crippen molar-refractivity contribution in [1.82, 2.24) is 9.80 Å². The van der Waals surface area contributed by atoms with E-state index in [0.29, 0.717) is 67.7 Å². The van der Waals surface area contributed by atoms with Gasteiger partial charge in [0.1, 0.15) is 21.6 Å². The van der Waals surface area contributed by atoms with Gasteiger partial charge in [-0.25, -0.2) is 57.5 Å². The van der Waals surface area contributed by atoms with Crippen molar-refractivity contribution in [3.63, 3.8) is 0 Å². The van der Waals surface area contributed by atoms with Gasteiger partial charge in [0.15, 0.2) is 0 Å². The van der Waals surface area contributed by atoms with E-state index in [4.69, 9.17) is 86.8 Å². The number of phenolic OH excluding ortho intramolecular Hbond substituents is 2. The number of aromatic carboxylic acids is 4. The Bertz CT molecular complexity index is 4280. The van der Waals surface area contributed by atoms with Gasteiger partial charge in [-0.3, -0.25) is 9.11 Å². The molecule has 6 rings (SSSR count). The van der Waals surface area contributed by atoms with Crippen LogP contribution in [0.5, 0.6) is 17.2 Å². The number of rotatable bonds is 31. The van der Waals surface area contributed by atoms with E-state index < -0.39 is 82.0 Å². The van der Waals surface area contributed by atoms with E-state index in [0.717, 1.165) is 82.1 Å². The topological polar surface area (TPSA) is 511 Å². The summed E-state index contributed by atoms with van der Waals surface area (Å²) in [5.41, 5.74) is 1.11. The predicted octanol–water partition coefficient (Wildman–Crippen LogP) is 15.9. The molecule has 0 heterocycles. The number of carboxylic acids is 4. The molecule has 41 heteroatoms. The Kier molecular flexibility index (Phi) is 62.1. The molecule has 126 heavy (non-hydrogen) atoms. The number of methoxy groups -OCH3 is 6. The lowest BCUT2D eigenvalue weighted by molar-refractivity contribution is 0.0419. The zero-order valence-corrected chi connectivity index (χ0v) is 78.6.